The van der Waals surface area contributed by atoms with Crippen LogP contribution in [0.25, 0.3) is 11.0 Å². The molecule has 1 heterocycles. The molecule has 1 N–H and O–H groups in total. The molecule has 4 heteroatoms. The molecule has 0 aliphatic carbocycles. The normalized spacial score (nSPS) is 10.6. The molecule has 0 spiro atoms. The van der Waals surface area contributed by atoms with E-state index in [1.807, 2.05) is 0 Å². The molecule has 0 radical (unpaired) electrons. The SMILES string of the molecule is COc1ccc2oc(F)c(O)c2c1. The van der Waals surface area contributed by atoms with Gasteiger partial charge in [0.05, 0.1) is 12.5 Å². The monoisotopic (exact) mass is 182 g/mol. The van der Waals surface area contributed by atoms with Crippen molar-refractivity contribution in [2.75, 3.05) is 7.11 Å². The Morgan fingerprint density at radius 2 is 2.23 bits per heavy atom. The van der Waals surface area contributed by atoms with Gasteiger partial charge in [0.15, 0.2) is 0 Å². The molecule has 0 saturated heterocycles. The lowest BCUT2D eigenvalue weighted by atomic mass is 10.2. The number of halogens is 1. The van der Waals surface area contributed by atoms with E-state index in [0.29, 0.717) is 16.7 Å². The number of furan rings is 1. The van der Waals surface area contributed by atoms with E-state index in [-0.39, 0.29) is 0 Å². The number of hydrogen-bond donors (Lipinski definition) is 1. The van der Waals surface area contributed by atoms with Crippen LogP contribution in [-0.4, -0.2) is 12.2 Å². The molecule has 3 nitrogen and oxygen atoms in total. The van der Waals surface area contributed by atoms with Gasteiger partial charge >= 0.3 is 6.01 Å². The maximum atomic E-state index is 12.7. The van der Waals surface area contributed by atoms with Gasteiger partial charge < -0.3 is 14.3 Å². The quantitative estimate of drug-likeness (QED) is 0.735. The summed E-state index contributed by atoms with van der Waals surface area (Å²) in [5, 5.41) is 9.51. The van der Waals surface area contributed by atoms with Gasteiger partial charge in [0.25, 0.3) is 0 Å². The van der Waals surface area contributed by atoms with Gasteiger partial charge in [-0.15, -0.1) is 0 Å². The molecule has 0 unspecified atom stereocenters. The van der Waals surface area contributed by atoms with Crippen LogP contribution in [0.5, 0.6) is 11.5 Å². The minimum absolute atomic E-state index is 0.302. The molecule has 1 aromatic carbocycles. The second kappa shape index (κ2) is 2.65. The lowest BCUT2D eigenvalue weighted by Gasteiger charge is -1.97. The summed E-state index contributed by atoms with van der Waals surface area (Å²) in [5.41, 5.74) is 0.302. The zero-order chi connectivity index (χ0) is 9.42. The van der Waals surface area contributed by atoms with Crippen LogP contribution >= 0.6 is 0 Å². The molecule has 0 atom stereocenters. The maximum Gasteiger partial charge on any atom is 0.321 e. The van der Waals surface area contributed by atoms with Crippen LogP contribution in [0.3, 0.4) is 0 Å². The van der Waals surface area contributed by atoms with Crippen molar-refractivity contribution in [3.63, 3.8) is 0 Å². The number of benzene rings is 1. The van der Waals surface area contributed by atoms with Gasteiger partial charge in [-0.1, -0.05) is 0 Å². The second-order valence-electron chi connectivity index (χ2n) is 2.59. The van der Waals surface area contributed by atoms with Crippen molar-refractivity contribution >= 4 is 11.0 Å². The molecule has 0 aliphatic heterocycles. The molecule has 0 saturated carbocycles. The zero-order valence-electron chi connectivity index (χ0n) is 6.87. The molecule has 0 amide bonds. The van der Waals surface area contributed by atoms with Crippen LogP contribution in [0, 0.1) is 6.01 Å². The zero-order valence-corrected chi connectivity index (χ0v) is 6.87. The van der Waals surface area contributed by atoms with Crippen molar-refractivity contribution in [3.8, 4) is 11.5 Å². The largest absolute Gasteiger partial charge is 0.502 e. The summed E-state index contributed by atoms with van der Waals surface area (Å²) in [6.07, 6.45) is 0. The summed E-state index contributed by atoms with van der Waals surface area (Å²) in [7, 11) is 1.49. The minimum atomic E-state index is -0.969. The molecule has 0 aliphatic rings. The van der Waals surface area contributed by atoms with Crippen molar-refractivity contribution in [2.24, 2.45) is 0 Å². The average molecular weight is 182 g/mol. The Kier molecular flexibility index (Phi) is 1.62. The molecule has 2 aromatic rings. The minimum Gasteiger partial charge on any atom is -0.502 e. The highest BCUT2D eigenvalue weighted by Gasteiger charge is 2.12. The van der Waals surface area contributed by atoms with Gasteiger partial charge in [0.2, 0.25) is 5.75 Å². The van der Waals surface area contributed by atoms with Crippen LogP contribution < -0.4 is 4.74 Å². The van der Waals surface area contributed by atoms with Gasteiger partial charge in [-0.05, 0) is 18.2 Å². The molecule has 13 heavy (non-hydrogen) atoms. The van der Waals surface area contributed by atoms with E-state index < -0.39 is 11.8 Å². The first-order valence-electron chi connectivity index (χ1n) is 3.67. The van der Waals surface area contributed by atoms with E-state index in [9.17, 15) is 9.50 Å². The fourth-order valence-electron chi connectivity index (χ4n) is 1.16. The van der Waals surface area contributed by atoms with Crippen LogP contribution in [0.1, 0.15) is 0 Å². The first kappa shape index (κ1) is 7.91. The summed E-state index contributed by atoms with van der Waals surface area (Å²) < 4.78 is 22.2. The average Bonchev–Trinajstić information content (AvgIpc) is 2.43. The Morgan fingerprint density at radius 3 is 2.92 bits per heavy atom. The first-order chi connectivity index (χ1) is 6.22. The first-order valence-corrected chi connectivity index (χ1v) is 3.67. The highest BCUT2D eigenvalue weighted by Crippen LogP contribution is 2.32. The smallest absolute Gasteiger partial charge is 0.321 e. The predicted octanol–water partition coefficient (Wildman–Crippen LogP) is 2.29. The van der Waals surface area contributed by atoms with Crippen LogP contribution in [0.4, 0.5) is 4.39 Å². The van der Waals surface area contributed by atoms with Gasteiger partial charge in [-0.2, -0.15) is 4.39 Å². The summed E-state index contributed by atoms with van der Waals surface area (Å²) in [6.45, 7) is 0. The van der Waals surface area contributed by atoms with E-state index in [1.165, 1.54) is 19.2 Å². The maximum absolute atomic E-state index is 12.7. The van der Waals surface area contributed by atoms with Gasteiger partial charge in [-0.25, -0.2) is 0 Å². The molecule has 68 valence electrons. The number of hydrogen-bond acceptors (Lipinski definition) is 3. The molecule has 2 rings (SSSR count). The third-order valence-corrected chi connectivity index (χ3v) is 1.83. The fourth-order valence-corrected chi connectivity index (χ4v) is 1.16. The lowest BCUT2D eigenvalue weighted by Crippen LogP contribution is -1.80. The van der Waals surface area contributed by atoms with E-state index >= 15 is 0 Å². The second-order valence-corrected chi connectivity index (χ2v) is 2.59. The van der Waals surface area contributed by atoms with Crippen molar-refractivity contribution in [3.05, 3.63) is 24.2 Å². The van der Waals surface area contributed by atoms with Gasteiger partial charge in [0, 0.05) is 0 Å². The number of methoxy groups -OCH3 is 1. The third-order valence-electron chi connectivity index (χ3n) is 1.83. The van der Waals surface area contributed by atoms with Crippen LogP contribution in [0.2, 0.25) is 0 Å². The molecular formula is C9H7FO3. The molecule has 0 bridgehead atoms. The predicted molar refractivity (Wildman–Crippen MR) is 44.4 cm³/mol. The molecule has 1 aromatic heterocycles. The topological polar surface area (TPSA) is 42.6 Å². The highest BCUT2D eigenvalue weighted by atomic mass is 19.1. The summed E-state index contributed by atoms with van der Waals surface area (Å²) in [5.74, 6) is 0.0671. The Balaban J connectivity index is 2.75. The van der Waals surface area contributed by atoms with Crippen LogP contribution in [-0.2, 0) is 0 Å². The Labute approximate surface area is 73.3 Å². The van der Waals surface area contributed by atoms with Crippen molar-refractivity contribution in [1.29, 1.82) is 0 Å². The van der Waals surface area contributed by atoms with E-state index in [4.69, 9.17) is 4.74 Å². The highest BCUT2D eigenvalue weighted by molar-refractivity contribution is 5.85. The lowest BCUT2D eigenvalue weighted by molar-refractivity contribution is 0.334. The van der Waals surface area contributed by atoms with Crippen molar-refractivity contribution in [2.45, 2.75) is 0 Å². The Bertz CT molecular complexity index is 447. The fraction of sp³-hybridized carbons (Fsp3) is 0.111. The van der Waals surface area contributed by atoms with E-state index in [0.717, 1.165) is 0 Å². The Morgan fingerprint density at radius 1 is 1.46 bits per heavy atom. The summed E-state index contributed by atoms with van der Waals surface area (Å²) >= 11 is 0. The Hall–Kier alpha value is -1.71. The van der Waals surface area contributed by atoms with Gasteiger partial charge in [0.1, 0.15) is 11.3 Å². The number of aromatic hydroxyl groups is 1. The number of ether oxygens (including phenoxy) is 1. The van der Waals surface area contributed by atoms with E-state index in [1.54, 1.807) is 6.07 Å². The van der Waals surface area contributed by atoms with E-state index in [2.05, 4.69) is 4.42 Å². The van der Waals surface area contributed by atoms with Crippen molar-refractivity contribution in [1.82, 2.24) is 0 Å². The van der Waals surface area contributed by atoms with Crippen molar-refractivity contribution < 1.29 is 18.7 Å². The van der Waals surface area contributed by atoms with Gasteiger partial charge in [-0.3, -0.25) is 0 Å². The number of rotatable bonds is 1. The molecular weight excluding hydrogens is 175 g/mol. The summed E-state index contributed by atoms with van der Waals surface area (Å²) in [4.78, 5) is 0. The standard InChI is InChI=1S/C9H7FO3/c1-12-5-2-3-7-6(4-5)8(11)9(10)13-7/h2-4,11H,1H3. The number of fused-ring (bicyclic) bond motifs is 1. The molecule has 0 fully saturated rings. The third kappa shape index (κ3) is 1.11. The summed E-state index contributed by atoms with van der Waals surface area (Å²) in [6, 6.07) is 3.71. The van der Waals surface area contributed by atoms with Crippen LogP contribution in [0.15, 0.2) is 22.6 Å².